The lowest BCUT2D eigenvalue weighted by molar-refractivity contribution is -0.141. The largest absolute Gasteiger partial charge is 0.468 e. The van der Waals surface area contributed by atoms with E-state index < -0.39 is 46.2 Å². The van der Waals surface area contributed by atoms with Crippen LogP contribution in [0, 0.1) is 11.6 Å². The Balaban J connectivity index is 1.58. The molecule has 0 atom stereocenters. The van der Waals surface area contributed by atoms with Crippen LogP contribution in [0.2, 0.25) is 0 Å². The molecule has 15 heteroatoms. The fourth-order valence-electron chi connectivity index (χ4n) is 3.95. The summed E-state index contributed by atoms with van der Waals surface area (Å²) in [4.78, 5) is 42.0. The van der Waals surface area contributed by atoms with Crippen molar-refractivity contribution in [2.24, 2.45) is 4.99 Å². The second-order valence-corrected chi connectivity index (χ2v) is 11.3. The summed E-state index contributed by atoms with van der Waals surface area (Å²) in [5.74, 6) is -3.28. The molecule has 0 bridgehead atoms. The van der Waals surface area contributed by atoms with Crippen molar-refractivity contribution in [3.63, 3.8) is 0 Å². The zero-order valence-corrected chi connectivity index (χ0v) is 22.6. The molecule has 1 aromatic heterocycles. The minimum absolute atomic E-state index is 0.0369. The number of carbonyl (C=O) groups excluding carboxylic acids is 3. The second-order valence-electron chi connectivity index (χ2n) is 8.31. The predicted molar refractivity (Wildman–Crippen MR) is 135 cm³/mol. The van der Waals surface area contributed by atoms with E-state index in [2.05, 4.69) is 9.73 Å². The highest BCUT2D eigenvalue weighted by molar-refractivity contribution is 7.89. The van der Waals surface area contributed by atoms with Gasteiger partial charge in [-0.1, -0.05) is 11.3 Å². The van der Waals surface area contributed by atoms with Gasteiger partial charge < -0.3 is 18.9 Å². The van der Waals surface area contributed by atoms with Crippen LogP contribution in [-0.2, 0) is 30.8 Å². The summed E-state index contributed by atoms with van der Waals surface area (Å²) in [7, 11) is -2.75. The molecule has 0 N–H and O–H groups in total. The number of rotatable bonds is 6. The number of thiazole rings is 1. The molecule has 11 nitrogen and oxygen atoms in total. The van der Waals surface area contributed by atoms with Crippen molar-refractivity contribution in [2.75, 3.05) is 39.9 Å². The maximum absolute atomic E-state index is 14.5. The van der Waals surface area contributed by atoms with Crippen LogP contribution >= 0.6 is 11.3 Å². The number of amides is 2. The van der Waals surface area contributed by atoms with Gasteiger partial charge in [0.2, 0.25) is 10.0 Å². The Morgan fingerprint density at radius 1 is 1.05 bits per heavy atom. The molecular formula is C24H24F2N4O7S2. The molecule has 1 saturated heterocycles. The Morgan fingerprint density at radius 3 is 2.33 bits per heavy atom. The van der Waals surface area contributed by atoms with Gasteiger partial charge in [0, 0.05) is 37.8 Å². The highest BCUT2D eigenvalue weighted by Crippen LogP contribution is 2.23. The summed E-state index contributed by atoms with van der Waals surface area (Å²) in [5, 5.41) is 0. The number of methoxy groups -OCH3 is 1. The highest BCUT2D eigenvalue weighted by atomic mass is 32.2. The van der Waals surface area contributed by atoms with E-state index in [9.17, 15) is 31.6 Å². The van der Waals surface area contributed by atoms with Gasteiger partial charge in [-0.05, 0) is 37.3 Å². The Hall–Kier alpha value is -3.69. The van der Waals surface area contributed by atoms with Gasteiger partial charge in [-0.15, -0.1) is 0 Å². The van der Waals surface area contributed by atoms with Gasteiger partial charge in [0.15, 0.2) is 10.6 Å². The molecule has 0 aliphatic carbocycles. The number of ether oxygens (including phenoxy) is 2. The van der Waals surface area contributed by atoms with Crippen molar-refractivity contribution in [1.29, 1.82) is 0 Å². The van der Waals surface area contributed by atoms with Crippen LogP contribution in [0.3, 0.4) is 0 Å². The van der Waals surface area contributed by atoms with Crippen LogP contribution in [0.25, 0.3) is 10.2 Å². The van der Waals surface area contributed by atoms with Crippen molar-refractivity contribution in [3.8, 4) is 0 Å². The van der Waals surface area contributed by atoms with Gasteiger partial charge >= 0.3 is 12.1 Å². The number of piperazine rings is 1. The lowest BCUT2D eigenvalue weighted by atomic mass is 10.2. The molecule has 3 aromatic rings. The molecule has 1 aliphatic heterocycles. The summed E-state index contributed by atoms with van der Waals surface area (Å²) in [6.45, 7) is 1.96. The molecule has 2 amide bonds. The number of halogens is 2. The average Bonchev–Trinajstić information content (AvgIpc) is 3.25. The fourth-order valence-corrected chi connectivity index (χ4v) is 6.44. The van der Waals surface area contributed by atoms with E-state index >= 15 is 0 Å². The molecule has 1 fully saturated rings. The van der Waals surface area contributed by atoms with E-state index in [0.717, 1.165) is 29.1 Å². The first kappa shape index (κ1) is 28.3. The molecule has 0 spiro atoms. The number of sulfonamides is 1. The predicted octanol–water partition coefficient (Wildman–Crippen LogP) is 2.36. The van der Waals surface area contributed by atoms with Gasteiger partial charge in [-0.2, -0.15) is 9.30 Å². The minimum atomic E-state index is -3.89. The Bertz CT molecular complexity index is 1590. The van der Waals surface area contributed by atoms with E-state index in [-0.39, 0.29) is 58.3 Å². The van der Waals surface area contributed by atoms with E-state index in [4.69, 9.17) is 4.74 Å². The standard InChI is InChI=1S/C24H24F2N4O7S2/c1-3-37-24(33)28-8-10-29(11-9-28)39(34,35)17-6-4-15(5-7-17)22(32)27-23-30(14-20(31)36-2)21-18(26)12-16(25)13-19(21)38-23/h4-7,12-13H,3,8-11,14H2,1-2H3. The summed E-state index contributed by atoms with van der Waals surface area (Å²) in [6.07, 6.45) is -0.499. The Morgan fingerprint density at radius 2 is 1.72 bits per heavy atom. The molecule has 2 aromatic carbocycles. The zero-order valence-electron chi connectivity index (χ0n) is 20.9. The average molecular weight is 583 g/mol. The van der Waals surface area contributed by atoms with Crippen LogP contribution in [0.15, 0.2) is 46.3 Å². The maximum Gasteiger partial charge on any atom is 0.409 e. The summed E-state index contributed by atoms with van der Waals surface area (Å²) in [5.41, 5.74) is -0.0716. The maximum atomic E-state index is 14.5. The van der Waals surface area contributed by atoms with E-state index in [1.54, 1.807) is 6.92 Å². The molecule has 39 heavy (non-hydrogen) atoms. The smallest absolute Gasteiger partial charge is 0.409 e. The third kappa shape index (κ3) is 5.99. The number of fused-ring (bicyclic) bond motifs is 1. The quantitative estimate of drug-likeness (QED) is 0.408. The molecule has 0 unspecified atom stereocenters. The first-order valence-electron chi connectivity index (χ1n) is 11.7. The van der Waals surface area contributed by atoms with Crippen LogP contribution in [0.4, 0.5) is 13.6 Å². The molecule has 2 heterocycles. The lowest BCUT2D eigenvalue weighted by Crippen LogP contribution is -2.50. The molecule has 1 aliphatic rings. The van der Waals surface area contributed by atoms with Gasteiger partial charge in [-0.3, -0.25) is 9.59 Å². The summed E-state index contributed by atoms with van der Waals surface area (Å²) >= 11 is 0.807. The summed E-state index contributed by atoms with van der Waals surface area (Å²) in [6, 6.07) is 6.81. The van der Waals surface area contributed by atoms with Crippen molar-refractivity contribution >= 4 is 49.5 Å². The number of hydrogen-bond donors (Lipinski definition) is 0. The minimum Gasteiger partial charge on any atom is -0.468 e. The van der Waals surface area contributed by atoms with Crippen LogP contribution in [-0.4, -0.2) is 80.1 Å². The second kappa shape index (κ2) is 11.6. The van der Waals surface area contributed by atoms with Crippen molar-refractivity contribution < 1.29 is 41.1 Å². The monoisotopic (exact) mass is 582 g/mol. The van der Waals surface area contributed by atoms with Gasteiger partial charge in [0.25, 0.3) is 5.91 Å². The number of benzene rings is 2. The number of hydrogen-bond acceptors (Lipinski definition) is 8. The number of esters is 1. The number of nitrogens with zero attached hydrogens (tertiary/aromatic N) is 4. The van der Waals surface area contributed by atoms with Crippen molar-refractivity contribution in [2.45, 2.75) is 18.4 Å². The Labute approximate surface area is 225 Å². The van der Waals surface area contributed by atoms with Crippen molar-refractivity contribution in [3.05, 3.63) is 58.4 Å². The van der Waals surface area contributed by atoms with Crippen LogP contribution in [0.1, 0.15) is 17.3 Å². The normalized spacial score (nSPS) is 15.0. The van der Waals surface area contributed by atoms with Gasteiger partial charge in [-0.25, -0.2) is 22.0 Å². The number of carbonyl (C=O) groups is 3. The highest BCUT2D eigenvalue weighted by Gasteiger charge is 2.30. The van der Waals surface area contributed by atoms with Crippen LogP contribution in [0.5, 0.6) is 0 Å². The zero-order chi connectivity index (χ0) is 28.3. The Kier molecular flexibility index (Phi) is 8.42. The van der Waals surface area contributed by atoms with E-state index in [0.29, 0.717) is 6.07 Å². The molecule has 0 saturated carbocycles. The molecule has 0 radical (unpaired) electrons. The SMILES string of the molecule is CCOC(=O)N1CCN(S(=O)(=O)c2ccc(C(=O)N=c3sc4cc(F)cc(F)c4n3CC(=O)OC)cc2)CC1. The van der Waals surface area contributed by atoms with E-state index in [1.807, 2.05) is 0 Å². The van der Waals surface area contributed by atoms with E-state index in [1.165, 1.54) is 33.5 Å². The third-order valence-electron chi connectivity index (χ3n) is 5.91. The van der Waals surface area contributed by atoms with Crippen LogP contribution < -0.4 is 4.80 Å². The lowest BCUT2D eigenvalue weighted by Gasteiger charge is -2.33. The molecule has 4 rings (SSSR count). The third-order valence-corrected chi connectivity index (χ3v) is 8.85. The first-order chi connectivity index (χ1) is 18.5. The first-order valence-corrected chi connectivity index (χ1v) is 14.0. The number of aromatic nitrogens is 1. The molecule has 208 valence electrons. The van der Waals surface area contributed by atoms with Crippen molar-refractivity contribution in [1.82, 2.24) is 13.8 Å². The van der Waals surface area contributed by atoms with Gasteiger partial charge in [0.1, 0.15) is 12.4 Å². The summed E-state index contributed by atoms with van der Waals surface area (Å²) < 4.78 is 66.5. The topological polar surface area (TPSA) is 128 Å². The van der Waals surface area contributed by atoms with Gasteiger partial charge in [0.05, 0.1) is 28.8 Å². The molecular weight excluding hydrogens is 558 g/mol. The fraction of sp³-hybridized carbons (Fsp3) is 0.333.